The van der Waals surface area contributed by atoms with Crippen LogP contribution in [0.1, 0.15) is 30.1 Å². The first-order chi connectivity index (χ1) is 13.0. The minimum atomic E-state index is -0.708. The van der Waals surface area contributed by atoms with Gasteiger partial charge in [0, 0.05) is 23.1 Å². The van der Waals surface area contributed by atoms with Crippen LogP contribution in [0.25, 0.3) is 0 Å². The standard InChI is InChI=1S/C21H23Cl2NO3/c22-18-7-3-15(4-8-18)20(16-5-9-19(23)10-6-16)27-13-12-24-11-1-2-17(14-24)21(25)26/h3-10,17,20H,1-2,11-14H2,(H,25,26)/t17-/m0/s1. The Kier molecular flexibility index (Phi) is 7.13. The Labute approximate surface area is 169 Å². The molecule has 1 N–H and O–H groups in total. The number of hydrogen-bond donors (Lipinski definition) is 1. The lowest BCUT2D eigenvalue weighted by atomic mass is 9.98. The molecule has 3 rings (SSSR count). The highest BCUT2D eigenvalue weighted by atomic mass is 35.5. The minimum Gasteiger partial charge on any atom is -0.481 e. The maximum Gasteiger partial charge on any atom is 0.307 e. The van der Waals surface area contributed by atoms with E-state index in [1.54, 1.807) is 0 Å². The van der Waals surface area contributed by atoms with Gasteiger partial charge in [0.05, 0.1) is 12.5 Å². The Morgan fingerprint density at radius 3 is 2.15 bits per heavy atom. The van der Waals surface area contributed by atoms with Crippen LogP contribution in [-0.4, -0.2) is 42.2 Å². The third kappa shape index (κ3) is 5.69. The molecule has 144 valence electrons. The van der Waals surface area contributed by atoms with Gasteiger partial charge in [-0.05, 0) is 54.8 Å². The summed E-state index contributed by atoms with van der Waals surface area (Å²) in [4.78, 5) is 13.4. The van der Waals surface area contributed by atoms with E-state index in [9.17, 15) is 9.90 Å². The van der Waals surface area contributed by atoms with E-state index >= 15 is 0 Å². The second kappa shape index (κ2) is 9.56. The quantitative estimate of drug-likeness (QED) is 0.709. The van der Waals surface area contributed by atoms with Crippen molar-refractivity contribution in [2.24, 2.45) is 5.92 Å². The van der Waals surface area contributed by atoms with Crippen molar-refractivity contribution >= 4 is 29.2 Å². The van der Waals surface area contributed by atoms with Crippen LogP contribution < -0.4 is 0 Å². The molecule has 2 aromatic carbocycles. The van der Waals surface area contributed by atoms with Crippen molar-refractivity contribution in [3.63, 3.8) is 0 Å². The van der Waals surface area contributed by atoms with E-state index in [-0.39, 0.29) is 12.0 Å². The molecule has 1 aliphatic rings. The van der Waals surface area contributed by atoms with Crippen molar-refractivity contribution in [2.75, 3.05) is 26.2 Å². The van der Waals surface area contributed by atoms with Crippen LogP contribution in [0.2, 0.25) is 10.0 Å². The molecule has 0 unspecified atom stereocenters. The van der Waals surface area contributed by atoms with Crippen LogP contribution in [0.3, 0.4) is 0 Å². The lowest BCUT2D eigenvalue weighted by molar-refractivity contribution is -0.143. The average Bonchev–Trinajstić information content (AvgIpc) is 2.67. The molecular weight excluding hydrogens is 385 g/mol. The molecule has 4 nitrogen and oxygen atoms in total. The highest BCUT2D eigenvalue weighted by molar-refractivity contribution is 6.30. The first kappa shape index (κ1) is 20.2. The largest absolute Gasteiger partial charge is 0.481 e. The number of hydrogen-bond acceptors (Lipinski definition) is 3. The molecule has 1 atom stereocenters. The summed E-state index contributed by atoms with van der Waals surface area (Å²) in [6.07, 6.45) is 1.44. The van der Waals surface area contributed by atoms with Crippen molar-refractivity contribution < 1.29 is 14.6 Å². The number of rotatable bonds is 7. The first-order valence-corrected chi connectivity index (χ1v) is 9.86. The number of likely N-dealkylation sites (tertiary alicyclic amines) is 1. The maximum absolute atomic E-state index is 11.2. The van der Waals surface area contributed by atoms with Gasteiger partial charge in [-0.3, -0.25) is 4.79 Å². The van der Waals surface area contributed by atoms with Crippen LogP contribution in [0.15, 0.2) is 48.5 Å². The van der Waals surface area contributed by atoms with Gasteiger partial charge in [0.1, 0.15) is 6.10 Å². The molecule has 1 heterocycles. The number of carbonyl (C=O) groups is 1. The minimum absolute atomic E-state index is 0.223. The fraction of sp³-hybridized carbons (Fsp3) is 0.381. The van der Waals surface area contributed by atoms with Crippen molar-refractivity contribution in [3.8, 4) is 0 Å². The van der Waals surface area contributed by atoms with E-state index in [0.717, 1.165) is 30.5 Å². The molecule has 1 fully saturated rings. The second-order valence-electron chi connectivity index (χ2n) is 6.83. The Morgan fingerprint density at radius 2 is 1.63 bits per heavy atom. The van der Waals surface area contributed by atoms with Crippen molar-refractivity contribution in [1.82, 2.24) is 4.90 Å². The molecule has 0 aliphatic carbocycles. The number of carboxylic acids is 1. The zero-order valence-corrected chi connectivity index (χ0v) is 16.5. The molecule has 27 heavy (non-hydrogen) atoms. The number of benzene rings is 2. The van der Waals surface area contributed by atoms with E-state index in [1.165, 1.54) is 0 Å². The average molecular weight is 408 g/mol. The number of piperidine rings is 1. The Hall–Kier alpha value is -1.59. The zero-order chi connectivity index (χ0) is 19.2. The number of ether oxygens (including phenoxy) is 1. The van der Waals surface area contributed by atoms with Crippen LogP contribution in [0.5, 0.6) is 0 Å². The van der Waals surface area contributed by atoms with E-state index < -0.39 is 5.97 Å². The van der Waals surface area contributed by atoms with Gasteiger partial charge in [-0.25, -0.2) is 0 Å². The van der Waals surface area contributed by atoms with E-state index in [0.29, 0.717) is 29.7 Å². The van der Waals surface area contributed by atoms with Crippen molar-refractivity contribution in [1.29, 1.82) is 0 Å². The van der Waals surface area contributed by atoms with Gasteiger partial charge >= 0.3 is 5.97 Å². The monoisotopic (exact) mass is 407 g/mol. The fourth-order valence-corrected chi connectivity index (χ4v) is 3.67. The normalized spacial score (nSPS) is 18.0. The van der Waals surface area contributed by atoms with Crippen LogP contribution in [0.4, 0.5) is 0 Å². The Balaban J connectivity index is 1.65. The smallest absolute Gasteiger partial charge is 0.307 e. The second-order valence-corrected chi connectivity index (χ2v) is 7.70. The molecule has 0 radical (unpaired) electrons. The summed E-state index contributed by atoms with van der Waals surface area (Å²) in [5.41, 5.74) is 2.03. The van der Waals surface area contributed by atoms with Crippen molar-refractivity contribution in [2.45, 2.75) is 18.9 Å². The predicted octanol–water partition coefficient (Wildman–Crippen LogP) is 4.90. The van der Waals surface area contributed by atoms with Gasteiger partial charge in [0.15, 0.2) is 0 Å². The molecule has 0 saturated carbocycles. The molecule has 0 bridgehead atoms. The van der Waals surface area contributed by atoms with E-state index in [1.807, 2.05) is 48.5 Å². The lowest BCUT2D eigenvalue weighted by Crippen LogP contribution is -2.40. The maximum atomic E-state index is 11.2. The summed E-state index contributed by atoms with van der Waals surface area (Å²) < 4.78 is 6.22. The topological polar surface area (TPSA) is 49.8 Å². The van der Waals surface area contributed by atoms with Gasteiger partial charge in [-0.1, -0.05) is 47.5 Å². The van der Waals surface area contributed by atoms with Gasteiger partial charge in [0.25, 0.3) is 0 Å². The van der Waals surface area contributed by atoms with E-state index in [4.69, 9.17) is 27.9 Å². The van der Waals surface area contributed by atoms with Gasteiger partial charge < -0.3 is 14.7 Å². The van der Waals surface area contributed by atoms with Crippen LogP contribution in [-0.2, 0) is 9.53 Å². The van der Waals surface area contributed by atoms with Crippen LogP contribution >= 0.6 is 23.2 Å². The van der Waals surface area contributed by atoms with Gasteiger partial charge in [-0.2, -0.15) is 0 Å². The molecule has 0 amide bonds. The highest BCUT2D eigenvalue weighted by Gasteiger charge is 2.25. The van der Waals surface area contributed by atoms with Crippen molar-refractivity contribution in [3.05, 3.63) is 69.7 Å². The number of halogens is 2. The first-order valence-electron chi connectivity index (χ1n) is 9.10. The summed E-state index contributed by atoms with van der Waals surface area (Å²) in [7, 11) is 0. The summed E-state index contributed by atoms with van der Waals surface area (Å²) >= 11 is 12.0. The van der Waals surface area contributed by atoms with E-state index in [2.05, 4.69) is 4.90 Å². The SMILES string of the molecule is O=C(O)[C@H]1CCCN(CCOC(c2ccc(Cl)cc2)c2ccc(Cl)cc2)C1. The number of carboxylic acid groups (broad SMARTS) is 1. The predicted molar refractivity (Wildman–Crippen MR) is 107 cm³/mol. The summed E-state index contributed by atoms with van der Waals surface area (Å²) in [5, 5.41) is 10.6. The molecule has 0 spiro atoms. The summed E-state index contributed by atoms with van der Waals surface area (Å²) in [6.45, 7) is 2.73. The highest BCUT2D eigenvalue weighted by Crippen LogP contribution is 2.28. The molecule has 2 aromatic rings. The zero-order valence-electron chi connectivity index (χ0n) is 15.0. The summed E-state index contributed by atoms with van der Waals surface area (Å²) in [5.74, 6) is -0.983. The van der Waals surface area contributed by atoms with Crippen LogP contribution in [0, 0.1) is 5.92 Å². The number of nitrogens with zero attached hydrogens (tertiary/aromatic N) is 1. The van der Waals surface area contributed by atoms with Gasteiger partial charge in [-0.15, -0.1) is 0 Å². The molecule has 0 aromatic heterocycles. The number of aliphatic carboxylic acids is 1. The fourth-order valence-electron chi connectivity index (χ4n) is 3.42. The molecule has 1 aliphatic heterocycles. The third-order valence-electron chi connectivity index (χ3n) is 4.89. The lowest BCUT2D eigenvalue weighted by Gasteiger charge is -2.31. The molecule has 1 saturated heterocycles. The Bertz CT molecular complexity index is 704. The van der Waals surface area contributed by atoms with Gasteiger partial charge in [0.2, 0.25) is 0 Å². The third-order valence-corrected chi connectivity index (χ3v) is 5.40. The summed E-state index contributed by atoms with van der Waals surface area (Å²) in [6, 6.07) is 15.3. The Morgan fingerprint density at radius 1 is 1.07 bits per heavy atom. The molecule has 6 heteroatoms. The molecular formula is C21H23Cl2NO3.